The highest BCUT2D eigenvalue weighted by atomic mass is 32.2. The lowest BCUT2D eigenvalue weighted by atomic mass is 10.1. The van der Waals surface area contributed by atoms with Crippen LogP contribution in [0.2, 0.25) is 0 Å². The summed E-state index contributed by atoms with van der Waals surface area (Å²) in [6, 6.07) is 38.3. The summed E-state index contributed by atoms with van der Waals surface area (Å²) in [6.07, 6.45) is 9.66. The second-order valence-electron chi connectivity index (χ2n) is 14.4. The Labute approximate surface area is 425 Å². The number of phenolic OH excluding ortho intramolecular Hbond substituents is 1. The van der Waals surface area contributed by atoms with E-state index < -0.39 is 30.4 Å². The number of benzene rings is 6. The summed E-state index contributed by atoms with van der Waals surface area (Å²) in [5.41, 5.74) is 3.82. The van der Waals surface area contributed by atoms with Gasteiger partial charge >= 0.3 is 0 Å². The minimum absolute atomic E-state index is 0.192. The molecule has 0 saturated carbocycles. The summed E-state index contributed by atoms with van der Waals surface area (Å²) in [4.78, 5) is -0.268. The zero-order chi connectivity index (χ0) is 54.5. The highest BCUT2D eigenvalue weighted by Crippen LogP contribution is 2.42. The van der Waals surface area contributed by atoms with Crippen molar-refractivity contribution in [1.82, 2.24) is 0 Å². The molecule has 0 aliphatic heterocycles. The molecule has 71 heavy (non-hydrogen) atoms. The lowest BCUT2D eigenvalue weighted by Gasteiger charge is -2.12. The van der Waals surface area contributed by atoms with Gasteiger partial charge in [-0.2, -0.15) is 40.6 Å². The maximum absolute atomic E-state index is 12.6. The standard InChI is InChI=1S/C28H27N5O4S.C10H8.3C3H8.2C2H6O3S.C2H6/c1-4-30-24-16-11-21-17-26(38(35,36)37-3)27(28(34)25(21)18-24)33-32-23-14-9-20(10-15-23)6-5-19-7-12-22(13-8-19)31-29-2;1-2-6-10-8-4-3-7-9(10)5-1;3*1-3-2;2*1-5-6(2,3)4;1-2/h5-18,30,34H,4H2,1-3H3;1-8H;3*3H2,1-2H3;2*1-2H3;1-2H3. The van der Waals surface area contributed by atoms with Crippen LogP contribution < -0.4 is 5.32 Å². The highest BCUT2D eigenvalue weighted by Gasteiger charge is 2.24. The van der Waals surface area contributed by atoms with E-state index in [-0.39, 0.29) is 16.3 Å². The first-order chi connectivity index (χ1) is 33.7. The number of hydrogen-bond acceptors (Lipinski definition) is 15. The molecule has 6 aromatic carbocycles. The van der Waals surface area contributed by atoms with E-state index in [1.807, 2.05) is 69.3 Å². The molecule has 0 saturated heterocycles. The van der Waals surface area contributed by atoms with Crippen LogP contribution in [0, 0.1) is 0 Å². The quantitative estimate of drug-likeness (QED) is 0.0708. The number of nitrogens with zero attached hydrogens (tertiary/aromatic N) is 4. The van der Waals surface area contributed by atoms with Gasteiger partial charge in [0.25, 0.3) is 30.4 Å². The van der Waals surface area contributed by atoms with Crippen molar-refractivity contribution in [3.05, 3.63) is 132 Å². The smallest absolute Gasteiger partial charge is 0.299 e. The maximum Gasteiger partial charge on any atom is 0.299 e. The Bertz CT molecular complexity index is 2720. The second-order valence-corrected chi connectivity index (χ2v) is 19.5. The van der Waals surface area contributed by atoms with Crippen molar-refractivity contribution in [2.45, 2.75) is 86.5 Å². The first-order valence-corrected chi connectivity index (χ1v) is 28.1. The minimum atomic E-state index is -4.16. The average Bonchev–Trinajstić information content (AvgIpc) is 3.35. The van der Waals surface area contributed by atoms with Crippen LogP contribution in [0.3, 0.4) is 0 Å². The van der Waals surface area contributed by atoms with E-state index in [2.05, 4.69) is 124 Å². The third-order valence-electron chi connectivity index (χ3n) is 7.92. The number of phenols is 1. The Balaban J connectivity index is 0. The number of aromatic hydroxyl groups is 1. The Hall–Kier alpha value is -5.89. The molecule has 0 fully saturated rings. The van der Waals surface area contributed by atoms with Crippen molar-refractivity contribution in [3.8, 4) is 5.75 Å². The molecule has 6 aromatic rings. The monoisotopic (exact) mass is 1040 g/mol. The van der Waals surface area contributed by atoms with Crippen LogP contribution in [0.25, 0.3) is 33.7 Å². The van der Waals surface area contributed by atoms with Crippen LogP contribution in [0.15, 0.2) is 147 Å². The molecule has 6 rings (SSSR count). The number of azo groups is 2. The fraction of sp³-hybridized carbons (Fsp3) is 0.358. The molecular formula is C53H77N5O10S3. The first kappa shape index (κ1) is 67.2. The zero-order valence-electron chi connectivity index (χ0n) is 44.2. The molecule has 0 unspecified atom stereocenters. The minimum Gasteiger partial charge on any atom is -0.505 e. The van der Waals surface area contributed by atoms with E-state index in [4.69, 9.17) is 4.18 Å². The van der Waals surface area contributed by atoms with Crippen molar-refractivity contribution < 1.29 is 42.9 Å². The van der Waals surface area contributed by atoms with Gasteiger partial charge in [0.15, 0.2) is 5.75 Å². The fourth-order valence-corrected chi connectivity index (χ4v) is 5.71. The molecule has 0 amide bonds. The van der Waals surface area contributed by atoms with E-state index in [9.17, 15) is 30.4 Å². The number of nitrogens with one attached hydrogen (secondary N) is 1. The Morgan fingerprint density at radius 2 is 0.915 bits per heavy atom. The van der Waals surface area contributed by atoms with Gasteiger partial charge < -0.3 is 10.4 Å². The molecule has 0 aliphatic carbocycles. The van der Waals surface area contributed by atoms with Gasteiger partial charge in [-0.15, -0.1) is 5.11 Å². The molecule has 15 nitrogen and oxygen atoms in total. The summed E-state index contributed by atoms with van der Waals surface area (Å²) >= 11 is 0. The summed E-state index contributed by atoms with van der Waals surface area (Å²) in [6.45, 7) is 19.4. The van der Waals surface area contributed by atoms with Gasteiger partial charge in [-0.3, -0.25) is 12.5 Å². The van der Waals surface area contributed by atoms with Gasteiger partial charge in [-0.05, 0) is 76.7 Å². The van der Waals surface area contributed by atoms with E-state index in [1.54, 1.807) is 37.4 Å². The third-order valence-corrected chi connectivity index (χ3v) is 10.4. The first-order valence-electron chi connectivity index (χ1n) is 23.1. The predicted octanol–water partition coefficient (Wildman–Crippen LogP) is 14.9. The van der Waals surface area contributed by atoms with Crippen LogP contribution in [-0.2, 0) is 42.9 Å². The maximum atomic E-state index is 12.6. The molecule has 0 bridgehead atoms. The van der Waals surface area contributed by atoms with Gasteiger partial charge in [0.1, 0.15) is 10.6 Å². The molecule has 0 aromatic heterocycles. The van der Waals surface area contributed by atoms with Crippen LogP contribution in [0.4, 0.5) is 22.7 Å². The molecule has 392 valence electrons. The van der Waals surface area contributed by atoms with Gasteiger partial charge in [0.05, 0.1) is 45.2 Å². The predicted molar refractivity (Wildman–Crippen MR) is 297 cm³/mol. The Kier molecular flexibility index (Phi) is 35.8. The molecule has 2 N–H and O–H groups in total. The van der Waals surface area contributed by atoms with Crippen molar-refractivity contribution >= 4 is 86.8 Å². The molecule has 0 heterocycles. The number of fused-ring (bicyclic) bond motifs is 2. The number of rotatable bonds is 11. The van der Waals surface area contributed by atoms with Gasteiger partial charge in [-0.25, -0.2) is 0 Å². The normalized spacial score (nSPS) is 10.8. The van der Waals surface area contributed by atoms with E-state index in [1.165, 1.54) is 36.1 Å². The fourth-order valence-electron chi connectivity index (χ4n) is 4.88. The number of anilines is 1. The van der Waals surface area contributed by atoms with Gasteiger partial charge in [-0.1, -0.05) is 166 Å². The van der Waals surface area contributed by atoms with Crippen molar-refractivity contribution in [3.63, 3.8) is 0 Å². The second kappa shape index (κ2) is 37.9. The summed E-state index contributed by atoms with van der Waals surface area (Å²) in [5.74, 6) is -0.299. The Morgan fingerprint density at radius 1 is 0.535 bits per heavy atom. The molecule has 0 aliphatic rings. The SMILES string of the molecule is CC.CCC.CCC.CCC.CCNc1ccc2cc(S(=O)(=O)OC)c(N=Nc3ccc(C=Cc4ccc(N=NC)cc4)cc3)c(O)c2c1.COS(C)(=O)=O.COS(C)(=O)=O.c1ccc2ccccc2c1. The molecule has 0 spiro atoms. The molecular weight excluding hydrogens is 963 g/mol. The van der Waals surface area contributed by atoms with Crippen molar-refractivity contribution in [2.75, 3.05) is 52.8 Å². The third kappa shape index (κ3) is 29.1. The van der Waals surface area contributed by atoms with E-state index in [0.717, 1.165) is 56.3 Å². The lowest BCUT2D eigenvalue weighted by molar-refractivity contribution is 0.397. The van der Waals surface area contributed by atoms with E-state index >= 15 is 0 Å². The Morgan fingerprint density at radius 3 is 1.25 bits per heavy atom. The zero-order valence-corrected chi connectivity index (χ0v) is 46.6. The van der Waals surface area contributed by atoms with Crippen LogP contribution >= 0.6 is 0 Å². The van der Waals surface area contributed by atoms with E-state index in [0.29, 0.717) is 23.0 Å². The average molecular weight is 1040 g/mol. The van der Waals surface area contributed by atoms with Crippen molar-refractivity contribution in [2.24, 2.45) is 20.5 Å². The molecule has 18 heteroatoms. The summed E-state index contributed by atoms with van der Waals surface area (Å²) in [7, 11) is -5.56. The van der Waals surface area contributed by atoms with Gasteiger partial charge in [0, 0.05) is 24.7 Å². The number of hydrogen-bond donors (Lipinski definition) is 2. The highest BCUT2D eigenvalue weighted by molar-refractivity contribution is 7.87. The van der Waals surface area contributed by atoms with Crippen LogP contribution in [-0.4, -0.2) is 77.8 Å². The summed E-state index contributed by atoms with van der Waals surface area (Å²) in [5, 5.41) is 33.8. The van der Waals surface area contributed by atoms with Crippen molar-refractivity contribution in [1.29, 1.82) is 0 Å². The largest absolute Gasteiger partial charge is 0.505 e. The van der Waals surface area contributed by atoms with Gasteiger partial charge in [0.2, 0.25) is 0 Å². The van der Waals surface area contributed by atoms with Crippen LogP contribution in [0.5, 0.6) is 5.75 Å². The molecule has 0 radical (unpaired) electrons. The molecule has 0 atom stereocenters. The summed E-state index contributed by atoms with van der Waals surface area (Å²) < 4.78 is 76.9. The van der Waals surface area contributed by atoms with Crippen LogP contribution in [0.1, 0.15) is 92.7 Å². The topological polar surface area (TPSA) is 212 Å². The lowest BCUT2D eigenvalue weighted by Crippen LogP contribution is -2.03.